The summed E-state index contributed by atoms with van der Waals surface area (Å²) in [5.74, 6) is 1.84. The van der Waals surface area contributed by atoms with Gasteiger partial charge in [0.05, 0.1) is 11.2 Å². The van der Waals surface area contributed by atoms with E-state index in [1.807, 2.05) is 18.2 Å². The second kappa shape index (κ2) is 16.0. The van der Waals surface area contributed by atoms with Crippen molar-refractivity contribution in [2.24, 2.45) is 0 Å². The normalized spacial score (nSPS) is 11.2. The first kappa shape index (κ1) is 36.7. The zero-order valence-electron chi connectivity index (χ0n) is 33.7. The van der Waals surface area contributed by atoms with Gasteiger partial charge in [-0.1, -0.05) is 200 Å². The van der Waals surface area contributed by atoms with E-state index in [2.05, 4.69) is 212 Å². The summed E-state index contributed by atoms with van der Waals surface area (Å²) in [7, 11) is 0. The standard InChI is InChI=1S/C58H38N4/c1-5-17-39(18-6-1)43-25-13-28-47(35-43)56-60-57(48-29-14-26-44(36-48)40-19-7-2-8-20-40)62-58(61-56)49-30-15-27-45(37-49)46-33-34-53-52(38-46)54-50(41-21-9-3-10-22-41)31-16-32-51(54)55(59-53)42-23-11-4-12-24-42/h1-38H. The molecular weight excluding hydrogens is 753 g/mol. The van der Waals surface area contributed by atoms with Crippen LogP contribution < -0.4 is 0 Å². The molecule has 0 N–H and O–H groups in total. The van der Waals surface area contributed by atoms with Crippen LogP contribution in [0.1, 0.15) is 0 Å². The Bertz CT molecular complexity index is 3280. The molecule has 11 aromatic rings. The van der Waals surface area contributed by atoms with E-state index in [4.69, 9.17) is 19.9 Å². The van der Waals surface area contributed by atoms with Crippen molar-refractivity contribution < 1.29 is 0 Å². The fourth-order valence-electron chi connectivity index (χ4n) is 8.45. The number of nitrogens with zero attached hydrogens (tertiary/aromatic N) is 4. The molecule has 2 heterocycles. The molecule has 0 aliphatic carbocycles. The molecule has 4 heteroatoms. The molecule has 0 aliphatic rings. The number of aromatic nitrogens is 4. The van der Waals surface area contributed by atoms with E-state index in [0.29, 0.717) is 17.5 Å². The highest BCUT2D eigenvalue weighted by Crippen LogP contribution is 2.40. The Morgan fingerprint density at radius 2 is 0.613 bits per heavy atom. The Morgan fingerprint density at radius 3 is 1.11 bits per heavy atom. The van der Waals surface area contributed by atoms with Crippen molar-refractivity contribution in [3.05, 3.63) is 231 Å². The lowest BCUT2D eigenvalue weighted by Crippen LogP contribution is -2.00. The van der Waals surface area contributed by atoms with Gasteiger partial charge in [0.2, 0.25) is 0 Å². The Morgan fingerprint density at radius 1 is 0.226 bits per heavy atom. The van der Waals surface area contributed by atoms with Crippen LogP contribution in [0.15, 0.2) is 231 Å². The van der Waals surface area contributed by atoms with Gasteiger partial charge in [-0.15, -0.1) is 0 Å². The lowest BCUT2D eigenvalue weighted by Gasteiger charge is -2.15. The molecule has 4 nitrogen and oxygen atoms in total. The summed E-state index contributed by atoms with van der Waals surface area (Å²) in [5.41, 5.74) is 14.7. The van der Waals surface area contributed by atoms with Gasteiger partial charge in [-0.25, -0.2) is 19.9 Å². The number of rotatable bonds is 8. The van der Waals surface area contributed by atoms with E-state index in [1.165, 1.54) is 16.5 Å². The van der Waals surface area contributed by atoms with Crippen LogP contribution in [-0.2, 0) is 0 Å². The van der Waals surface area contributed by atoms with Crippen LogP contribution in [0, 0.1) is 0 Å². The van der Waals surface area contributed by atoms with Crippen LogP contribution in [0.5, 0.6) is 0 Å². The van der Waals surface area contributed by atoms with E-state index < -0.39 is 0 Å². The first-order chi connectivity index (χ1) is 30.7. The predicted octanol–water partition coefficient (Wildman–Crippen LogP) is 14.9. The maximum absolute atomic E-state index is 5.31. The van der Waals surface area contributed by atoms with E-state index in [0.717, 1.165) is 77.6 Å². The van der Waals surface area contributed by atoms with Gasteiger partial charge in [-0.2, -0.15) is 0 Å². The van der Waals surface area contributed by atoms with Gasteiger partial charge in [0.15, 0.2) is 17.5 Å². The molecule has 2 aromatic heterocycles. The lowest BCUT2D eigenvalue weighted by molar-refractivity contribution is 1.07. The highest BCUT2D eigenvalue weighted by atomic mass is 15.0. The summed E-state index contributed by atoms with van der Waals surface area (Å²) in [4.78, 5) is 20.8. The van der Waals surface area contributed by atoms with Gasteiger partial charge in [-0.05, 0) is 74.8 Å². The highest BCUT2D eigenvalue weighted by molar-refractivity contribution is 6.17. The molecule has 62 heavy (non-hydrogen) atoms. The van der Waals surface area contributed by atoms with Gasteiger partial charge in [0, 0.05) is 38.4 Å². The van der Waals surface area contributed by atoms with Crippen LogP contribution in [0.2, 0.25) is 0 Å². The smallest absolute Gasteiger partial charge is 0.164 e. The number of hydrogen-bond acceptors (Lipinski definition) is 4. The molecule has 9 aromatic carbocycles. The summed E-state index contributed by atoms with van der Waals surface area (Å²) in [6.45, 7) is 0. The monoisotopic (exact) mass is 790 g/mol. The molecule has 0 saturated heterocycles. The third kappa shape index (κ3) is 7.10. The molecule has 0 radical (unpaired) electrons. The Kier molecular flexibility index (Phi) is 9.49. The molecule has 0 unspecified atom stereocenters. The molecule has 0 fully saturated rings. The topological polar surface area (TPSA) is 51.6 Å². The maximum Gasteiger partial charge on any atom is 0.164 e. The molecule has 290 valence electrons. The zero-order valence-corrected chi connectivity index (χ0v) is 33.7. The number of fused-ring (bicyclic) bond motifs is 3. The number of hydrogen-bond donors (Lipinski definition) is 0. The quantitative estimate of drug-likeness (QED) is 0.144. The minimum atomic E-state index is 0.605. The molecule has 0 amide bonds. The molecule has 0 saturated carbocycles. The average Bonchev–Trinajstić information content (AvgIpc) is 3.37. The SMILES string of the molecule is c1ccc(-c2cccc(-c3nc(-c4cccc(-c5ccccc5)c4)nc(-c4cccc(-c5ccc6nc(-c7ccccc7)c7cccc(-c8ccccc8)c7c6c5)c4)n3)c2)cc1. The molecule has 0 spiro atoms. The van der Waals surface area contributed by atoms with Crippen LogP contribution >= 0.6 is 0 Å². The summed E-state index contributed by atoms with van der Waals surface area (Å²) in [6.07, 6.45) is 0. The minimum Gasteiger partial charge on any atom is -0.247 e. The Balaban J connectivity index is 1.07. The van der Waals surface area contributed by atoms with Crippen LogP contribution in [0.4, 0.5) is 0 Å². The second-order valence-corrected chi connectivity index (χ2v) is 15.4. The lowest BCUT2D eigenvalue weighted by atomic mass is 9.91. The molecule has 0 aliphatic heterocycles. The summed E-state index contributed by atoms with van der Waals surface area (Å²) < 4.78 is 0. The second-order valence-electron chi connectivity index (χ2n) is 15.4. The van der Waals surface area contributed by atoms with Crippen molar-refractivity contribution in [2.45, 2.75) is 0 Å². The Labute approximate surface area is 360 Å². The van der Waals surface area contributed by atoms with Crippen molar-refractivity contribution >= 4 is 21.7 Å². The van der Waals surface area contributed by atoms with Gasteiger partial charge >= 0.3 is 0 Å². The maximum atomic E-state index is 5.31. The average molecular weight is 791 g/mol. The number of benzene rings is 9. The van der Waals surface area contributed by atoms with Crippen LogP contribution in [0.25, 0.3) is 112 Å². The van der Waals surface area contributed by atoms with Crippen molar-refractivity contribution in [3.8, 4) is 89.9 Å². The van der Waals surface area contributed by atoms with Crippen LogP contribution in [-0.4, -0.2) is 19.9 Å². The van der Waals surface area contributed by atoms with Crippen molar-refractivity contribution in [2.75, 3.05) is 0 Å². The first-order valence-corrected chi connectivity index (χ1v) is 20.9. The van der Waals surface area contributed by atoms with Crippen molar-refractivity contribution in [1.82, 2.24) is 19.9 Å². The van der Waals surface area contributed by atoms with Gasteiger partial charge in [0.25, 0.3) is 0 Å². The summed E-state index contributed by atoms with van der Waals surface area (Å²) >= 11 is 0. The van der Waals surface area contributed by atoms with E-state index in [-0.39, 0.29) is 0 Å². The predicted molar refractivity (Wildman–Crippen MR) is 256 cm³/mol. The zero-order chi connectivity index (χ0) is 41.2. The fourth-order valence-corrected chi connectivity index (χ4v) is 8.45. The molecular formula is C58H38N4. The summed E-state index contributed by atoms with van der Waals surface area (Å²) in [5, 5.41) is 3.40. The first-order valence-electron chi connectivity index (χ1n) is 20.9. The number of pyridine rings is 1. The van der Waals surface area contributed by atoms with Crippen molar-refractivity contribution in [1.29, 1.82) is 0 Å². The van der Waals surface area contributed by atoms with E-state index in [9.17, 15) is 0 Å². The molecule has 0 bridgehead atoms. The van der Waals surface area contributed by atoms with E-state index in [1.54, 1.807) is 0 Å². The largest absolute Gasteiger partial charge is 0.247 e. The van der Waals surface area contributed by atoms with Gasteiger partial charge in [0.1, 0.15) is 0 Å². The van der Waals surface area contributed by atoms with Crippen LogP contribution in [0.3, 0.4) is 0 Å². The minimum absolute atomic E-state index is 0.605. The fraction of sp³-hybridized carbons (Fsp3) is 0. The third-order valence-corrected chi connectivity index (χ3v) is 11.5. The molecule has 11 rings (SSSR count). The third-order valence-electron chi connectivity index (χ3n) is 11.5. The van der Waals surface area contributed by atoms with Crippen molar-refractivity contribution in [3.63, 3.8) is 0 Å². The molecule has 0 atom stereocenters. The van der Waals surface area contributed by atoms with Gasteiger partial charge < -0.3 is 0 Å². The van der Waals surface area contributed by atoms with Gasteiger partial charge in [-0.3, -0.25) is 0 Å². The summed E-state index contributed by atoms with van der Waals surface area (Å²) in [6, 6.07) is 80.5. The highest BCUT2D eigenvalue weighted by Gasteiger charge is 2.17. The Hall–Kier alpha value is -8.34. The van der Waals surface area contributed by atoms with E-state index >= 15 is 0 Å².